The van der Waals surface area contributed by atoms with Crippen LogP contribution in [0.3, 0.4) is 0 Å². The van der Waals surface area contributed by atoms with Crippen molar-refractivity contribution in [1.29, 1.82) is 0 Å². The Bertz CT molecular complexity index is 1730. The number of anilines is 5. The van der Waals surface area contributed by atoms with Crippen molar-refractivity contribution in [2.45, 2.75) is 40.7 Å². The number of rotatable bonds is 9. The molecule has 0 aliphatic heterocycles. The van der Waals surface area contributed by atoms with Crippen molar-refractivity contribution in [3.63, 3.8) is 0 Å². The maximum atomic E-state index is 2.33. The number of benzene rings is 6. The lowest BCUT2D eigenvalue weighted by atomic mass is 10.1. The van der Waals surface area contributed by atoms with E-state index in [1.807, 2.05) is 50.5 Å². The molecule has 0 aliphatic carbocycles. The first-order valence-corrected chi connectivity index (χ1v) is 19.2. The van der Waals surface area contributed by atoms with Gasteiger partial charge >= 0.3 is 0 Å². The molecule has 6 aromatic rings. The highest BCUT2D eigenvalue weighted by atomic mass is 15.1. The quantitative estimate of drug-likeness (QED) is 0.147. The molecule has 54 heavy (non-hydrogen) atoms. The molecule has 0 bridgehead atoms. The van der Waals surface area contributed by atoms with Crippen molar-refractivity contribution < 1.29 is 0 Å². The molecule has 0 fully saturated rings. The summed E-state index contributed by atoms with van der Waals surface area (Å²) >= 11 is 0. The van der Waals surface area contributed by atoms with E-state index in [2.05, 4.69) is 215 Å². The highest BCUT2D eigenvalue weighted by molar-refractivity contribution is 5.94. The average molecular weight is 726 g/mol. The first-order valence-electron chi connectivity index (χ1n) is 19.2. The minimum absolute atomic E-state index is 0.567. The second-order valence-electron chi connectivity index (χ2n) is 13.5. The van der Waals surface area contributed by atoms with E-state index in [-0.39, 0.29) is 0 Å². The van der Waals surface area contributed by atoms with Crippen LogP contribution >= 0.6 is 0 Å². The van der Waals surface area contributed by atoms with Gasteiger partial charge in [0.25, 0.3) is 0 Å². The molecule has 0 aromatic heterocycles. The average Bonchev–Trinajstić information content (AvgIpc) is 3.22. The van der Waals surface area contributed by atoms with E-state index in [0.29, 0.717) is 6.04 Å². The van der Waals surface area contributed by atoms with Crippen LogP contribution < -0.4 is 24.5 Å². The maximum absolute atomic E-state index is 2.33. The van der Waals surface area contributed by atoms with E-state index >= 15 is 0 Å². The van der Waals surface area contributed by atoms with Gasteiger partial charge in [0, 0.05) is 102 Å². The Balaban J connectivity index is 0.000000235. The molecule has 0 radical (unpaired) electrons. The van der Waals surface area contributed by atoms with Gasteiger partial charge in [0.2, 0.25) is 0 Å². The Morgan fingerprint density at radius 1 is 0.389 bits per heavy atom. The lowest BCUT2D eigenvalue weighted by Crippen LogP contribution is -2.25. The van der Waals surface area contributed by atoms with E-state index in [4.69, 9.17) is 0 Å². The smallest absolute Gasteiger partial charge is 0.0440 e. The Labute approximate surface area is 329 Å². The Hall–Kier alpha value is -5.42. The minimum atomic E-state index is 0.567. The first kappa shape index (κ1) is 44.7. The van der Waals surface area contributed by atoms with Crippen molar-refractivity contribution in [2.24, 2.45) is 0 Å². The fourth-order valence-corrected chi connectivity index (χ4v) is 5.38. The molecule has 6 aromatic carbocycles. The molecule has 0 N–H and O–H groups in total. The molecular weight excluding hydrogens is 659 g/mol. The van der Waals surface area contributed by atoms with Gasteiger partial charge in [0.1, 0.15) is 0 Å². The van der Waals surface area contributed by atoms with Gasteiger partial charge in [-0.3, -0.25) is 0 Å². The number of nitrogens with zero attached hydrogens (tertiary/aromatic N) is 5. The fourth-order valence-electron chi connectivity index (χ4n) is 5.38. The van der Waals surface area contributed by atoms with Crippen LogP contribution in [0.4, 0.5) is 28.4 Å². The normalized spacial score (nSPS) is 9.78. The van der Waals surface area contributed by atoms with Crippen molar-refractivity contribution in [1.82, 2.24) is 0 Å². The summed E-state index contributed by atoms with van der Waals surface area (Å²) in [5.74, 6) is 0. The largest absolute Gasteiger partial charge is 0.378 e. The Morgan fingerprint density at radius 3 is 1.20 bits per heavy atom. The molecular formula is C49H67N5. The van der Waals surface area contributed by atoms with E-state index in [1.54, 1.807) is 0 Å². The zero-order valence-electron chi connectivity index (χ0n) is 35.0. The van der Waals surface area contributed by atoms with Gasteiger partial charge in [-0.25, -0.2) is 0 Å². The van der Waals surface area contributed by atoms with Crippen molar-refractivity contribution in [3.05, 3.63) is 164 Å². The van der Waals surface area contributed by atoms with Gasteiger partial charge in [0.05, 0.1) is 0 Å². The molecule has 0 amide bonds. The number of para-hydroxylation sites is 4. The summed E-state index contributed by atoms with van der Waals surface area (Å²) in [5.41, 5.74) is 6.40. The zero-order chi connectivity index (χ0) is 39.7. The van der Waals surface area contributed by atoms with E-state index in [0.717, 1.165) is 19.6 Å². The maximum Gasteiger partial charge on any atom is 0.0440 e. The molecule has 0 heterocycles. The lowest BCUT2D eigenvalue weighted by Gasteiger charge is -2.23. The third-order valence-electron chi connectivity index (χ3n) is 9.02. The van der Waals surface area contributed by atoms with E-state index < -0.39 is 0 Å². The highest BCUT2D eigenvalue weighted by Gasteiger charge is 2.02. The zero-order valence-corrected chi connectivity index (χ0v) is 35.0. The number of hydrogen-bond donors (Lipinski definition) is 0. The van der Waals surface area contributed by atoms with Crippen LogP contribution in [0.5, 0.6) is 0 Å². The summed E-state index contributed by atoms with van der Waals surface area (Å²) in [5, 5.41) is 2.61. The molecule has 6 rings (SSSR count). The van der Waals surface area contributed by atoms with Gasteiger partial charge < -0.3 is 24.5 Å². The van der Waals surface area contributed by atoms with Gasteiger partial charge in [-0.15, -0.1) is 0 Å². The summed E-state index contributed by atoms with van der Waals surface area (Å²) in [6.45, 7) is 14.1. The topological polar surface area (TPSA) is 16.2 Å². The summed E-state index contributed by atoms with van der Waals surface area (Å²) < 4.78 is 0. The van der Waals surface area contributed by atoms with Crippen LogP contribution in [0.25, 0.3) is 10.8 Å². The molecule has 0 saturated carbocycles. The molecule has 0 aliphatic rings. The summed E-state index contributed by atoms with van der Waals surface area (Å²) in [6.07, 6.45) is 0. The van der Waals surface area contributed by atoms with Crippen LogP contribution in [0.15, 0.2) is 164 Å². The van der Waals surface area contributed by atoms with Gasteiger partial charge in [0.15, 0.2) is 0 Å². The SMILES string of the molecule is CC(C)N(C)c1ccccc1.CCN(C)c1ccccc1.CCN(CC)c1ccccc1.CN(C)c1cccc2ccccc12.CN(C)c1ccccc1. The van der Waals surface area contributed by atoms with Crippen molar-refractivity contribution >= 4 is 39.2 Å². The highest BCUT2D eigenvalue weighted by Crippen LogP contribution is 2.24. The molecule has 288 valence electrons. The van der Waals surface area contributed by atoms with Crippen LogP contribution in [-0.2, 0) is 0 Å². The third-order valence-corrected chi connectivity index (χ3v) is 9.02. The lowest BCUT2D eigenvalue weighted by molar-refractivity contribution is 0.755. The summed E-state index contributed by atoms with van der Waals surface area (Å²) in [4.78, 5) is 11.0. The second-order valence-corrected chi connectivity index (χ2v) is 13.5. The number of hydrogen-bond acceptors (Lipinski definition) is 5. The molecule has 0 atom stereocenters. The standard InChI is InChI=1S/C12H13N.2C10H15N.C9H13N.C8H11N/c1-13(2)12-9-5-7-10-6-3-4-8-11(10)12;1-9(2)11(3)10-7-5-4-6-8-10;1-3-11(4-2)10-8-6-5-7-9-10;1-3-10(2)9-7-5-4-6-8-9;1-9(2)8-6-4-3-5-7-8/h3-9H,1-2H3;4-9H,1-3H3;5-9H,3-4H2,1-2H3;4-8H,3H2,1-2H3;3-7H,1-2H3. The first-order chi connectivity index (χ1) is 26.0. The summed E-state index contributed by atoms with van der Waals surface area (Å²) in [7, 11) is 12.4. The molecule has 5 nitrogen and oxygen atoms in total. The van der Waals surface area contributed by atoms with Crippen LogP contribution in [0.2, 0.25) is 0 Å². The van der Waals surface area contributed by atoms with E-state index in [1.165, 1.54) is 39.2 Å². The third kappa shape index (κ3) is 16.1. The van der Waals surface area contributed by atoms with Gasteiger partial charge in [-0.05, 0) is 94.6 Å². The Morgan fingerprint density at radius 2 is 0.796 bits per heavy atom. The van der Waals surface area contributed by atoms with Gasteiger partial charge in [-0.1, -0.05) is 109 Å². The molecule has 0 spiro atoms. The summed E-state index contributed by atoms with van der Waals surface area (Å²) in [6, 6.07) is 56.9. The predicted molar refractivity (Wildman–Crippen MR) is 244 cm³/mol. The monoisotopic (exact) mass is 726 g/mol. The molecule has 0 unspecified atom stereocenters. The fraction of sp³-hybridized carbons (Fsp3) is 0.306. The van der Waals surface area contributed by atoms with Crippen LogP contribution in [-0.4, -0.2) is 68.0 Å². The van der Waals surface area contributed by atoms with Crippen LogP contribution in [0.1, 0.15) is 34.6 Å². The van der Waals surface area contributed by atoms with Crippen molar-refractivity contribution in [2.75, 3.05) is 86.4 Å². The molecule has 5 heteroatoms. The van der Waals surface area contributed by atoms with Crippen molar-refractivity contribution in [3.8, 4) is 0 Å². The van der Waals surface area contributed by atoms with Gasteiger partial charge in [-0.2, -0.15) is 0 Å². The Kier molecular flexibility index (Phi) is 21.2. The minimum Gasteiger partial charge on any atom is -0.378 e. The van der Waals surface area contributed by atoms with Crippen LogP contribution in [0, 0.1) is 0 Å². The van der Waals surface area contributed by atoms with E-state index in [9.17, 15) is 0 Å². The number of fused-ring (bicyclic) bond motifs is 1. The predicted octanol–water partition coefficient (Wildman–Crippen LogP) is 11.9. The second kappa shape index (κ2) is 25.5. The molecule has 0 saturated heterocycles.